The Morgan fingerprint density at radius 2 is 2.07 bits per heavy atom. The minimum Gasteiger partial charge on any atom is -0.496 e. The lowest BCUT2D eigenvalue weighted by Gasteiger charge is -2.06. The molecular formula is C21H14ClN3O5. The highest BCUT2D eigenvalue weighted by Crippen LogP contribution is 2.34. The highest BCUT2D eigenvalue weighted by atomic mass is 35.5. The molecule has 3 rings (SSSR count). The van der Waals surface area contributed by atoms with Crippen molar-refractivity contribution in [3.05, 3.63) is 81.1 Å². The Kier molecular flexibility index (Phi) is 6.15. The molecule has 0 spiro atoms. The van der Waals surface area contributed by atoms with Crippen molar-refractivity contribution in [2.75, 3.05) is 12.4 Å². The second-order valence-electron chi connectivity index (χ2n) is 5.98. The molecule has 2 aromatic carbocycles. The summed E-state index contributed by atoms with van der Waals surface area (Å²) in [5.41, 5.74) is 0.646. The lowest BCUT2D eigenvalue weighted by molar-refractivity contribution is -0.384. The third-order valence-corrected chi connectivity index (χ3v) is 4.26. The number of nitro groups is 1. The number of anilines is 1. The van der Waals surface area contributed by atoms with Gasteiger partial charge in [0.15, 0.2) is 0 Å². The van der Waals surface area contributed by atoms with Gasteiger partial charge in [-0.1, -0.05) is 17.7 Å². The SMILES string of the molecule is COc1cc([N+](=O)[O-])ccc1-c1ccc(/C=C(\C#N)C(=O)Nc2cccc(Cl)c2)o1. The standard InChI is InChI=1S/C21H14ClN3O5/c1-29-20-11-16(25(27)28)5-7-18(20)19-8-6-17(30-19)9-13(12-23)21(26)24-15-4-2-3-14(22)10-15/h2-11H,1H3,(H,24,26)/b13-9+. The number of furan rings is 1. The summed E-state index contributed by atoms with van der Waals surface area (Å²) in [5, 5.41) is 23.3. The molecule has 0 aliphatic heterocycles. The van der Waals surface area contributed by atoms with E-state index in [1.165, 1.54) is 31.4 Å². The maximum absolute atomic E-state index is 12.4. The topological polar surface area (TPSA) is 118 Å². The van der Waals surface area contributed by atoms with Crippen LogP contribution in [0.25, 0.3) is 17.4 Å². The maximum Gasteiger partial charge on any atom is 0.273 e. The first-order chi connectivity index (χ1) is 14.4. The molecule has 9 heteroatoms. The maximum atomic E-state index is 12.4. The van der Waals surface area contributed by atoms with Crippen molar-refractivity contribution in [1.29, 1.82) is 5.26 Å². The van der Waals surface area contributed by atoms with Crippen molar-refractivity contribution >= 4 is 35.0 Å². The number of nitro benzene ring substituents is 1. The fraction of sp³-hybridized carbons (Fsp3) is 0.0476. The van der Waals surface area contributed by atoms with E-state index in [-0.39, 0.29) is 22.8 Å². The zero-order chi connectivity index (χ0) is 21.7. The lowest BCUT2D eigenvalue weighted by Crippen LogP contribution is -2.13. The number of hydrogen-bond acceptors (Lipinski definition) is 6. The van der Waals surface area contributed by atoms with Gasteiger partial charge in [-0.05, 0) is 36.4 Å². The van der Waals surface area contributed by atoms with E-state index in [1.807, 2.05) is 6.07 Å². The molecule has 0 saturated heterocycles. The molecule has 0 radical (unpaired) electrons. The highest BCUT2D eigenvalue weighted by Gasteiger charge is 2.16. The van der Waals surface area contributed by atoms with Crippen molar-refractivity contribution in [3.8, 4) is 23.1 Å². The predicted molar refractivity (Wildman–Crippen MR) is 111 cm³/mol. The number of carbonyl (C=O) groups is 1. The van der Waals surface area contributed by atoms with E-state index in [0.29, 0.717) is 22.0 Å². The molecule has 1 heterocycles. The van der Waals surface area contributed by atoms with E-state index in [1.54, 1.807) is 36.4 Å². The van der Waals surface area contributed by atoms with Crippen molar-refractivity contribution < 1.29 is 18.9 Å². The molecule has 1 aromatic heterocycles. The Balaban J connectivity index is 1.86. The van der Waals surface area contributed by atoms with Crippen LogP contribution in [0.3, 0.4) is 0 Å². The van der Waals surface area contributed by atoms with Crippen LogP contribution in [-0.2, 0) is 4.79 Å². The number of benzene rings is 2. The molecule has 0 aliphatic carbocycles. The Bertz CT molecular complexity index is 1190. The Labute approximate surface area is 176 Å². The van der Waals surface area contributed by atoms with Crippen LogP contribution >= 0.6 is 11.6 Å². The quantitative estimate of drug-likeness (QED) is 0.256. The summed E-state index contributed by atoms with van der Waals surface area (Å²) >= 11 is 5.89. The van der Waals surface area contributed by atoms with Gasteiger partial charge in [0, 0.05) is 22.9 Å². The first-order valence-corrected chi connectivity index (χ1v) is 8.90. The van der Waals surface area contributed by atoms with Crippen molar-refractivity contribution in [1.82, 2.24) is 0 Å². The fourth-order valence-corrected chi connectivity index (χ4v) is 2.82. The molecular weight excluding hydrogens is 410 g/mol. The van der Waals surface area contributed by atoms with E-state index >= 15 is 0 Å². The Hall–Kier alpha value is -4.09. The van der Waals surface area contributed by atoms with Gasteiger partial charge in [-0.25, -0.2) is 0 Å². The summed E-state index contributed by atoms with van der Waals surface area (Å²) in [6, 6.07) is 15.7. The second-order valence-corrected chi connectivity index (χ2v) is 6.41. The van der Waals surface area contributed by atoms with Crippen molar-refractivity contribution in [2.45, 2.75) is 0 Å². The number of hydrogen-bond donors (Lipinski definition) is 1. The number of non-ortho nitro benzene ring substituents is 1. The van der Waals surface area contributed by atoms with Crippen LogP contribution in [0.1, 0.15) is 5.76 Å². The number of amides is 1. The molecule has 0 atom stereocenters. The van der Waals surface area contributed by atoms with Crippen LogP contribution in [-0.4, -0.2) is 17.9 Å². The zero-order valence-electron chi connectivity index (χ0n) is 15.6. The normalized spacial score (nSPS) is 10.9. The van der Waals surface area contributed by atoms with Crippen LogP contribution in [0.15, 0.2) is 64.6 Å². The summed E-state index contributed by atoms with van der Waals surface area (Å²) in [4.78, 5) is 22.8. The minimum atomic E-state index is -0.620. The molecule has 1 N–H and O–H groups in total. The molecule has 3 aromatic rings. The lowest BCUT2D eigenvalue weighted by atomic mass is 10.1. The molecule has 0 unspecified atom stereocenters. The largest absolute Gasteiger partial charge is 0.496 e. The summed E-state index contributed by atoms with van der Waals surface area (Å²) in [7, 11) is 1.39. The number of carbonyl (C=O) groups excluding carboxylic acids is 1. The second kappa shape index (κ2) is 8.94. The van der Waals surface area contributed by atoms with E-state index in [4.69, 9.17) is 20.8 Å². The van der Waals surface area contributed by atoms with Gasteiger partial charge in [-0.3, -0.25) is 14.9 Å². The average Bonchev–Trinajstić information content (AvgIpc) is 3.19. The highest BCUT2D eigenvalue weighted by molar-refractivity contribution is 6.31. The van der Waals surface area contributed by atoms with Gasteiger partial charge in [0.1, 0.15) is 28.9 Å². The number of ether oxygens (including phenoxy) is 1. The fourth-order valence-electron chi connectivity index (χ4n) is 2.63. The monoisotopic (exact) mass is 423 g/mol. The third-order valence-electron chi connectivity index (χ3n) is 4.02. The van der Waals surface area contributed by atoms with E-state index < -0.39 is 10.8 Å². The molecule has 0 aliphatic rings. The number of methoxy groups -OCH3 is 1. The van der Waals surface area contributed by atoms with Gasteiger partial charge >= 0.3 is 0 Å². The third kappa shape index (κ3) is 4.66. The van der Waals surface area contributed by atoms with E-state index in [9.17, 15) is 20.2 Å². The molecule has 0 bridgehead atoms. The van der Waals surface area contributed by atoms with Gasteiger partial charge in [-0.15, -0.1) is 0 Å². The van der Waals surface area contributed by atoms with Gasteiger partial charge in [0.05, 0.1) is 23.7 Å². The molecule has 8 nitrogen and oxygen atoms in total. The molecule has 0 saturated carbocycles. The number of halogens is 1. The van der Waals surface area contributed by atoms with Crippen LogP contribution < -0.4 is 10.1 Å². The number of rotatable bonds is 6. The first kappa shape index (κ1) is 20.6. The van der Waals surface area contributed by atoms with Crippen LogP contribution in [0, 0.1) is 21.4 Å². The van der Waals surface area contributed by atoms with Crippen molar-refractivity contribution in [2.24, 2.45) is 0 Å². The minimum absolute atomic E-state index is 0.119. The molecule has 1 amide bonds. The average molecular weight is 424 g/mol. The van der Waals surface area contributed by atoms with Crippen molar-refractivity contribution in [3.63, 3.8) is 0 Å². The Morgan fingerprint density at radius 3 is 2.73 bits per heavy atom. The zero-order valence-corrected chi connectivity index (χ0v) is 16.3. The summed E-state index contributed by atoms with van der Waals surface area (Å²) < 4.78 is 10.9. The van der Waals surface area contributed by atoms with Gasteiger partial charge < -0.3 is 14.5 Å². The Morgan fingerprint density at radius 1 is 1.27 bits per heavy atom. The molecule has 30 heavy (non-hydrogen) atoms. The van der Waals surface area contributed by atoms with Gasteiger partial charge in [-0.2, -0.15) is 5.26 Å². The van der Waals surface area contributed by atoms with Gasteiger partial charge in [0.2, 0.25) is 0 Å². The van der Waals surface area contributed by atoms with E-state index in [0.717, 1.165) is 0 Å². The predicted octanol–water partition coefficient (Wildman–Crippen LogP) is 5.06. The number of nitrogens with zero attached hydrogens (tertiary/aromatic N) is 2. The molecule has 150 valence electrons. The van der Waals surface area contributed by atoms with Crippen LogP contribution in [0.2, 0.25) is 5.02 Å². The first-order valence-electron chi connectivity index (χ1n) is 8.52. The van der Waals surface area contributed by atoms with Gasteiger partial charge in [0.25, 0.3) is 11.6 Å². The number of nitriles is 1. The van der Waals surface area contributed by atoms with Crippen LogP contribution in [0.5, 0.6) is 5.75 Å². The number of nitrogens with one attached hydrogen (secondary N) is 1. The summed E-state index contributed by atoms with van der Waals surface area (Å²) in [6.07, 6.45) is 1.29. The molecule has 0 fully saturated rings. The van der Waals surface area contributed by atoms with E-state index in [2.05, 4.69) is 5.32 Å². The summed E-state index contributed by atoms with van der Waals surface area (Å²) in [5.74, 6) is 0.252. The summed E-state index contributed by atoms with van der Waals surface area (Å²) in [6.45, 7) is 0. The smallest absolute Gasteiger partial charge is 0.273 e. The van der Waals surface area contributed by atoms with Crippen LogP contribution in [0.4, 0.5) is 11.4 Å².